The van der Waals surface area contributed by atoms with Gasteiger partial charge in [0.15, 0.2) is 0 Å². The molecule has 4 rings (SSSR count). The van der Waals surface area contributed by atoms with E-state index in [1.54, 1.807) is 0 Å². The van der Waals surface area contributed by atoms with Crippen molar-refractivity contribution in [3.05, 3.63) is 71.8 Å². The van der Waals surface area contributed by atoms with Crippen LogP contribution in [-0.4, -0.2) is 56.2 Å². The normalized spacial score (nSPS) is 26.7. The second-order valence-electron chi connectivity index (χ2n) is 8.56. The molecule has 2 bridgehead atoms. The molecule has 0 N–H and O–H groups in total. The molecule has 29 heavy (non-hydrogen) atoms. The SMILES string of the molecule is CN1CC2CCC(N(C)C)C(C1)C2OC(c1ccccc1)c1ccccc1.Cl.Cl. The molecule has 4 atom stereocenters. The number of ether oxygens (including phenoxy) is 1. The first-order valence-corrected chi connectivity index (χ1v) is 10.2. The van der Waals surface area contributed by atoms with E-state index in [2.05, 4.69) is 91.6 Å². The first-order valence-electron chi connectivity index (χ1n) is 10.2. The average molecular weight is 437 g/mol. The Labute approximate surface area is 188 Å². The monoisotopic (exact) mass is 436 g/mol. The predicted molar refractivity (Wildman–Crippen MR) is 125 cm³/mol. The molecule has 4 unspecified atom stereocenters. The van der Waals surface area contributed by atoms with E-state index in [4.69, 9.17) is 4.74 Å². The molecular formula is C24H34Cl2N2O. The zero-order valence-corrected chi connectivity index (χ0v) is 19.2. The molecule has 0 spiro atoms. The van der Waals surface area contributed by atoms with Crippen LogP contribution in [0.2, 0.25) is 0 Å². The summed E-state index contributed by atoms with van der Waals surface area (Å²) in [5.41, 5.74) is 2.50. The van der Waals surface area contributed by atoms with Gasteiger partial charge >= 0.3 is 0 Å². The standard InChI is InChI=1S/C24H32N2O.2ClH/c1-25(2)22-15-14-20-16-26(3)17-21(22)24(20)27-23(18-10-6-4-7-11-18)19-12-8-5-9-13-19;;/h4-13,20-24H,14-17H2,1-3H3;2*1H. The number of benzene rings is 2. The molecule has 0 amide bonds. The van der Waals surface area contributed by atoms with Gasteiger partial charge in [-0.2, -0.15) is 0 Å². The molecule has 2 fully saturated rings. The van der Waals surface area contributed by atoms with E-state index >= 15 is 0 Å². The van der Waals surface area contributed by atoms with Crippen LogP contribution in [0.25, 0.3) is 0 Å². The molecule has 1 saturated carbocycles. The Morgan fingerprint density at radius 1 is 0.862 bits per heavy atom. The molecule has 2 aromatic carbocycles. The van der Waals surface area contributed by atoms with Crippen LogP contribution < -0.4 is 0 Å². The van der Waals surface area contributed by atoms with E-state index in [1.807, 2.05) is 0 Å². The number of hydrogen-bond acceptors (Lipinski definition) is 3. The van der Waals surface area contributed by atoms with Gasteiger partial charge in [0.25, 0.3) is 0 Å². The quantitative estimate of drug-likeness (QED) is 0.662. The lowest BCUT2D eigenvalue weighted by molar-refractivity contribution is -0.132. The third kappa shape index (κ3) is 5.34. The third-order valence-electron chi connectivity index (χ3n) is 6.44. The summed E-state index contributed by atoms with van der Waals surface area (Å²) in [6, 6.07) is 22.0. The summed E-state index contributed by atoms with van der Waals surface area (Å²) in [5.74, 6) is 1.19. The summed E-state index contributed by atoms with van der Waals surface area (Å²) in [6.45, 7) is 2.28. The molecule has 5 heteroatoms. The summed E-state index contributed by atoms with van der Waals surface area (Å²) < 4.78 is 7.01. The number of fused-ring (bicyclic) bond motifs is 2. The number of halogens is 2. The average Bonchev–Trinajstić information content (AvgIpc) is 2.67. The maximum atomic E-state index is 7.01. The summed E-state index contributed by atoms with van der Waals surface area (Å²) in [4.78, 5) is 4.92. The highest BCUT2D eigenvalue weighted by molar-refractivity contribution is 5.85. The molecule has 1 aliphatic carbocycles. The van der Waals surface area contributed by atoms with E-state index in [9.17, 15) is 0 Å². The molecular weight excluding hydrogens is 403 g/mol. The number of hydrogen-bond donors (Lipinski definition) is 0. The van der Waals surface area contributed by atoms with Crippen molar-refractivity contribution >= 4 is 24.8 Å². The minimum absolute atomic E-state index is 0. The molecule has 2 aliphatic rings. The van der Waals surface area contributed by atoms with Gasteiger partial charge in [-0.05, 0) is 51.0 Å². The summed E-state index contributed by atoms with van der Waals surface area (Å²) in [7, 11) is 6.71. The van der Waals surface area contributed by atoms with E-state index in [1.165, 1.54) is 24.0 Å². The maximum absolute atomic E-state index is 7.01. The predicted octanol–water partition coefficient (Wildman–Crippen LogP) is 4.91. The van der Waals surface area contributed by atoms with Crippen molar-refractivity contribution in [2.45, 2.75) is 31.1 Å². The van der Waals surface area contributed by atoms with Crippen molar-refractivity contribution in [1.29, 1.82) is 0 Å². The fraction of sp³-hybridized carbons (Fsp3) is 0.500. The Morgan fingerprint density at radius 2 is 1.41 bits per heavy atom. The first-order chi connectivity index (χ1) is 13.1. The second-order valence-corrected chi connectivity index (χ2v) is 8.56. The molecule has 1 heterocycles. The summed E-state index contributed by atoms with van der Waals surface area (Å²) in [6.07, 6.45) is 2.86. The zero-order chi connectivity index (χ0) is 18.8. The van der Waals surface area contributed by atoms with Crippen molar-refractivity contribution in [2.24, 2.45) is 11.8 Å². The Bertz CT molecular complexity index is 689. The molecule has 160 valence electrons. The Hall–Kier alpha value is -1.10. The summed E-state index contributed by atoms with van der Waals surface area (Å²) in [5, 5.41) is 0. The van der Waals surface area contributed by atoms with Gasteiger partial charge < -0.3 is 14.5 Å². The number of piperidine rings is 1. The minimum atomic E-state index is 0. The fourth-order valence-corrected chi connectivity index (χ4v) is 5.20. The van der Waals surface area contributed by atoms with Crippen molar-refractivity contribution in [1.82, 2.24) is 9.80 Å². The zero-order valence-electron chi connectivity index (χ0n) is 17.6. The van der Waals surface area contributed by atoms with E-state index in [0.717, 1.165) is 13.1 Å². The molecule has 2 aromatic rings. The molecule has 3 nitrogen and oxygen atoms in total. The van der Waals surface area contributed by atoms with E-state index in [0.29, 0.717) is 24.0 Å². The molecule has 0 aromatic heterocycles. The van der Waals surface area contributed by atoms with Crippen molar-refractivity contribution in [2.75, 3.05) is 34.2 Å². The van der Waals surface area contributed by atoms with Gasteiger partial charge in [0, 0.05) is 25.0 Å². The lowest BCUT2D eigenvalue weighted by Crippen LogP contribution is -2.59. The first kappa shape index (κ1) is 24.2. The third-order valence-corrected chi connectivity index (χ3v) is 6.44. The second kappa shape index (κ2) is 10.8. The van der Waals surface area contributed by atoms with Gasteiger partial charge in [0.2, 0.25) is 0 Å². The van der Waals surface area contributed by atoms with Crippen LogP contribution in [0, 0.1) is 11.8 Å². The van der Waals surface area contributed by atoms with Gasteiger partial charge in [0.05, 0.1) is 6.10 Å². The molecule has 0 radical (unpaired) electrons. The smallest absolute Gasteiger partial charge is 0.108 e. The van der Waals surface area contributed by atoms with Crippen LogP contribution in [-0.2, 0) is 4.74 Å². The van der Waals surface area contributed by atoms with E-state index in [-0.39, 0.29) is 30.9 Å². The molecule has 1 aliphatic heterocycles. The van der Waals surface area contributed by atoms with Crippen LogP contribution in [0.5, 0.6) is 0 Å². The van der Waals surface area contributed by atoms with Crippen molar-refractivity contribution in [3.8, 4) is 0 Å². The van der Waals surface area contributed by atoms with Crippen LogP contribution in [0.15, 0.2) is 60.7 Å². The molecule has 1 saturated heterocycles. The lowest BCUT2D eigenvalue weighted by atomic mass is 9.71. The highest BCUT2D eigenvalue weighted by Gasteiger charge is 2.46. The number of nitrogens with zero attached hydrogens (tertiary/aromatic N) is 2. The van der Waals surface area contributed by atoms with Crippen LogP contribution in [0.3, 0.4) is 0 Å². The van der Waals surface area contributed by atoms with E-state index < -0.39 is 0 Å². The van der Waals surface area contributed by atoms with Crippen LogP contribution >= 0.6 is 24.8 Å². The highest BCUT2D eigenvalue weighted by Crippen LogP contribution is 2.41. The van der Waals surface area contributed by atoms with Crippen molar-refractivity contribution in [3.63, 3.8) is 0 Å². The van der Waals surface area contributed by atoms with Gasteiger partial charge in [-0.1, -0.05) is 60.7 Å². The van der Waals surface area contributed by atoms with Crippen LogP contribution in [0.4, 0.5) is 0 Å². The Balaban J connectivity index is 0.00000150. The van der Waals surface area contributed by atoms with Gasteiger partial charge in [-0.25, -0.2) is 0 Å². The maximum Gasteiger partial charge on any atom is 0.108 e. The Morgan fingerprint density at radius 3 is 1.93 bits per heavy atom. The van der Waals surface area contributed by atoms with Crippen LogP contribution in [0.1, 0.15) is 30.1 Å². The van der Waals surface area contributed by atoms with Gasteiger partial charge in [-0.15, -0.1) is 24.8 Å². The minimum Gasteiger partial charge on any atom is -0.365 e. The van der Waals surface area contributed by atoms with Gasteiger partial charge in [-0.3, -0.25) is 0 Å². The fourth-order valence-electron chi connectivity index (χ4n) is 5.20. The number of rotatable bonds is 5. The highest BCUT2D eigenvalue weighted by atomic mass is 35.5. The Kier molecular flexibility index (Phi) is 8.99. The topological polar surface area (TPSA) is 15.7 Å². The lowest BCUT2D eigenvalue weighted by Gasteiger charge is -2.52. The largest absolute Gasteiger partial charge is 0.365 e. The number of likely N-dealkylation sites (tertiary alicyclic amines) is 1. The van der Waals surface area contributed by atoms with Gasteiger partial charge in [0.1, 0.15) is 6.10 Å². The van der Waals surface area contributed by atoms with Crippen molar-refractivity contribution < 1.29 is 4.74 Å². The summed E-state index contributed by atoms with van der Waals surface area (Å²) >= 11 is 0.